The van der Waals surface area contributed by atoms with Crippen LogP contribution in [0.5, 0.6) is 0 Å². The normalized spacial score (nSPS) is 18.6. The summed E-state index contributed by atoms with van der Waals surface area (Å²) in [6.07, 6.45) is 7.16. The lowest BCUT2D eigenvalue weighted by Crippen LogP contribution is -2.24. The molecule has 2 aromatic rings. The Morgan fingerprint density at radius 3 is 3.28 bits per heavy atom. The van der Waals surface area contributed by atoms with Crippen molar-refractivity contribution in [3.8, 4) is 0 Å². The molecule has 0 saturated carbocycles. The first-order chi connectivity index (χ1) is 8.83. The van der Waals surface area contributed by atoms with E-state index in [1.807, 2.05) is 17.4 Å². The van der Waals surface area contributed by atoms with Crippen molar-refractivity contribution in [2.75, 3.05) is 0 Å². The number of aryl methyl sites for hydroxylation is 1. The summed E-state index contributed by atoms with van der Waals surface area (Å²) in [7, 11) is 0. The maximum atomic E-state index is 4.25. The Morgan fingerprint density at radius 1 is 1.50 bits per heavy atom. The Morgan fingerprint density at radius 2 is 2.44 bits per heavy atom. The fourth-order valence-corrected chi connectivity index (χ4v) is 4.50. The van der Waals surface area contributed by atoms with E-state index in [9.17, 15) is 0 Å². The number of aromatic nitrogens is 2. The lowest BCUT2D eigenvalue weighted by atomic mass is 9.94. The van der Waals surface area contributed by atoms with Crippen LogP contribution in [0.15, 0.2) is 24.7 Å². The summed E-state index contributed by atoms with van der Waals surface area (Å²) < 4.78 is 1.40. The van der Waals surface area contributed by atoms with Crippen molar-refractivity contribution in [3.05, 3.63) is 43.7 Å². The highest BCUT2D eigenvalue weighted by Crippen LogP contribution is 2.36. The largest absolute Gasteiger partial charge is 0.304 e. The molecule has 0 amide bonds. The van der Waals surface area contributed by atoms with Gasteiger partial charge in [-0.2, -0.15) is 0 Å². The number of hydrogen-bond acceptors (Lipinski definition) is 4. The van der Waals surface area contributed by atoms with Crippen molar-refractivity contribution in [2.24, 2.45) is 0 Å². The summed E-state index contributed by atoms with van der Waals surface area (Å²) >= 11 is 4.36. The molecule has 3 nitrogen and oxygen atoms in total. The minimum absolute atomic E-state index is 0.489. The van der Waals surface area contributed by atoms with Crippen LogP contribution < -0.4 is 5.32 Å². The molecule has 18 heavy (non-hydrogen) atoms. The van der Waals surface area contributed by atoms with Crippen molar-refractivity contribution in [1.82, 2.24) is 15.3 Å². The van der Waals surface area contributed by atoms with Crippen LogP contribution in [0, 0.1) is 2.88 Å². The third kappa shape index (κ3) is 2.73. The summed E-state index contributed by atoms with van der Waals surface area (Å²) in [6, 6.07) is 4.79. The summed E-state index contributed by atoms with van der Waals surface area (Å²) in [5.41, 5.74) is 2.56. The van der Waals surface area contributed by atoms with Gasteiger partial charge >= 0.3 is 0 Å². The SMILES string of the molecule is Ic1cc2c(s1)CCCC2NCc1ccncn1. The van der Waals surface area contributed by atoms with E-state index in [4.69, 9.17) is 0 Å². The van der Waals surface area contributed by atoms with Crippen molar-refractivity contribution in [2.45, 2.75) is 31.8 Å². The minimum Gasteiger partial charge on any atom is -0.304 e. The Bertz CT molecular complexity index is 526. The Kier molecular flexibility index (Phi) is 3.91. The first kappa shape index (κ1) is 12.5. The molecular formula is C13H14IN3S. The highest BCUT2D eigenvalue weighted by Gasteiger charge is 2.22. The number of nitrogens with one attached hydrogen (secondary N) is 1. The average molecular weight is 371 g/mol. The summed E-state index contributed by atoms with van der Waals surface area (Å²) in [5.74, 6) is 0. The van der Waals surface area contributed by atoms with Gasteiger partial charge in [-0.05, 0) is 59.5 Å². The number of halogens is 1. The fraction of sp³-hybridized carbons (Fsp3) is 0.385. The summed E-state index contributed by atoms with van der Waals surface area (Å²) in [5, 5.41) is 3.62. The zero-order chi connectivity index (χ0) is 12.4. The molecule has 0 bridgehead atoms. The van der Waals surface area contributed by atoms with Crippen LogP contribution in [0.1, 0.15) is 35.0 Å². The zero-order valence-corrected chi connectivity index (χ0v) is 12.9. The average Bonchev–Trinajstić information content (AvgIpc) is 2.78. The lowest BCUT2D eigenvalue weighted by Gasteiger charge is -2.23. The van der Waals surface area contributed by atoms with Crippen molar-refractivity contribution < 1.29 is 0 Å². The Balaban J connectivity index is 1.71. The van der Waals surface area contributed by atoms with E-state index >= 15 is 0 Å². The molecule has 0 radical (unpaired) electrons. The molecule has 1 unspecified atom stereocenters. The number of nitrogens with zero attached hydrogens (tertiary/aromatic N) is 2. The molecule has 5 heteroatoms. The minimum atomic E-state index is 0.489. The standard InChI is InChI=1S/C13H14IN3S/c14-13-6-10-11(2-1-3-12(10)18-13)16-7-9-4-5-15-8-17-9/h4-6,8,11,16H,1-3,7H2. The predicted octanol–water partition coefficient (Wildman–Crippen LogP) is 3.31. The third-order valence-electron chi connectivity index (χ3n) is 3.26. The van der Waals surface area contributed by atoms with Gasteiger partial charge in [0.05, 0.1) is 8.58 Å². The molecule has 0 saturated heterocycles. The molecular weight excluding hydrogens is 357 g/mol. The summed E-state index contributed by atoms with van der Waals surface area (Å²) in [6.45, 7) is 0.819. The molecule has 0 aliphatic heterocycles. The van der Waals surface area contributed by atoms with Gasteiger partial charge in [-0.15, -0.1) is 11.3 Å². The highest BCUT2D eigenvalue weighted by molar-refractivity contribution is 14.1. The third-order valence-corrected chi connectivity index (χ3v) is 5.23. The van der Waals surface area contributed by atoms with Gasteiger partial charge in [0.2, 0.25) is 0 Å². The van der Waals surface area contributed by atoms with Gasteiger partial charge in [-0.3, -0.25) is 0 Å². The molecule has 1 aliphatic rings. The predicted molar refractivity (Wildman–Crippen MR) is 81.6 cm³/mol. The van der Waals surface area contributed by atoms with E-state index in [1.165, 1.54) is 27.7 Å². The van der Waals surface area contributed by atoms with Crippen LogP contribution in [0.3, 0.4) is 0 Å². The van der Waals surface area contributed by atoms with Crippen LogP contribution in [0.25, 0.3) is 0 Å². The monoisotopic (exact) mass is 371 g/mol. The second kappa shape index (κ2) is 5.63. The highest BCUT2D eigenvalue weighted by atomic mass is 127. The fourth-order valence-electron chi connectivity index (χ4n) is 2.38. The number of rotatable bonds is 3. The van der Waals surface area contributed by atoms with E-state index < -0.39 is 0 Å². The smallest absolute Gasteiger partial charge is 0.115 e. The van der Waals surface area contributed by atoms with E-state index in [0.29, 0.717) is 6.04 Å². The topological polar surface area (TPSA) is 37.8 Å². The summed E-state index contributed by atoms with van der Waals surface area (Å²) in [4.78, 5) is 9.75. The van der Waals surface area contributed by atoms with Crippen LogP contribution in [-0.2, 0) is 13.0 Å². The number of hydrogen-bond donors (Lipinski definition) is 1. The van der Waals surface area contributed by atoms with Gasteiger partial charge < -0.3 is 5.32 Å². The molecule has 1 aliphatic carbocycles. The molecule has 3 rings (SSSR count). The van der Waals surface area contributed by atoms with Crippen LogP contribution in [-0.4, -0.2) is 9.97 Å². The van der Waals surface area contributed by atoms with Crippen LogP contribution >= 0.6 is 33.9 Å². The molecule has 1 N–H and O–H groups in total. The molecule has 0 aromatic carbocycles. The zero-order valence-electron chi connectivity index (χ0n) is 9.90. The number of fused-ring (bicyclic) bond motifs is 1. The van der Waals surface area contributed by atoms with Gasteiger partial charge in [0.1, 0.15) is 6.33 Å². The van der Waals surface area contributed by atoms with E-state index in [0.717, 1.165) is 12.2 Å². The second-order valence-corrected chi connectivity index (χ2v) is 7.49. The lowest BCUT2D eigenvalue weighted by molar-refractivity contribution is 0.460. The van der Waals surface area contributed by atoms with E-state index in [1.54, 1.807) is 17.4 Å². The van der Waals surface area contributed by atoms with Crippen LogP contribution in [0.4, 0.5) is 0 Å². The maximum Gasteiger partial charge on any atom is 0.115 e. The molecule has 94 valence electrons. The van der Waals surface area contributed by atoms with Gasteiger partial charge in [-0.25, -0.2) is 9.97 Å². The van der Waals surface area contributed by atoms with Crippen molar-refractivity contribution in [3.63, 3.8) is 0 Å². The molecule has 1 atom stereocenters. The van der Waals surface area contributed by atoms with Gasteiger partial charge in [-0.1, -0.05) is 0 Å². The van der Waals surface area contributed by atoms with Gasteiger partial charge in [0.15, 0.2) is 0 Å². The first-order valence-electron chi connectivity index (χ1n) is 6.09. The van der Waals surface area contributed by atoms with Crippen molar-refractivity contribution >= 4 is 33.9 Å². The number of thiophene rings is 1. The molecule has 0 fully saturated rings. The first-order valence-corrected chi connectivity index (χ1v) is 7.99. The van der Waals surface area contributed by atoms with Gasteiger partial charge in [0, 0.05) is 23.7 Å². The Labute approximate surface area is 124 Å². The van der Waals surface area contributed by atoms with Gasteiger partial charge in [0.25, 0.3) is 0 Å². The van der Waals surface area contributed by atoms with Crippen molar-refractivity contribution in [1.29, 1.82) is 0 Å². The molecule has 0 spiro atoms. The second-order valence-electron chi connectivity index (χ2n) is 4.46. The van der Waals surface area contributed by atoms with E-state index in [-0.39, 0.29) is 0 Å². The van der Waals surface area contributed by atoms with E-state index in [2.05, 4.69) is 43.9 Å². The molecule has 2 heterocycles. The quantitative estimate of drug-likeness (QED) is 0.842. The maximum absolute atomic E-state index is 4.25. The van der Waals surface area contributed by atoms with Crippen LogP contribution in [0.2, 0.25) is 0 Å². The Hall–Kier alpha value is -0.530. The molecule has 2 aromatic heterocycles.